The third-order valence-electron chi connectivity index (χ3n) is 5.45. The van der Waals surface area contributed by atoms with Crippen LogP contribution in [0, 0.1) is 5.82 Å². The van der Waals surface area contributed by atoms with Crippen LogP contribution in [0.4, 0.5) is 10.1 Å². The maximum Gasteiger partial charge on any atom is 0.291 e. The molecule has 2 amide bonds. The van der Waals surface area contributed by atoms with Gasteiger partial charge in [0.05, 0.1) is 5.69 Å². The lowest BCUT2D eigenvalue weighted by molar-refractivity contribution is -0.120. The molecule has 0 saturated carbocycles. The monoisotopic (exact) mass is 446 g/mol. The summed E-state index contributed by atoms with van der Waals surface area (Å²) in [6.07, 6.45) is 3.72. The Morgan fingerprint density at radius 3 is 2.88 bits per heavy atom. The molecule has 0 aliphatic carbocycles. The Bertz CT molecular complexity index is 1350. The van der Waals surface area contributed by atoms with Crippen LogP contribution in [0.1, 0.15) is 22.0 Å². The number of carbonyl (C=O) groups is 2. The lowest BCUT2D eigenvalue weighted by Crippen LogP contribution is -2.49. The van der Waals surface area contributed by atoms with Gasteiger partial charge >= 0.3 is 0 Å². The number of fused-ring (bicyclic) bond motifs is 3. The average Bonchev–Trinajstić information content (AvgIpc) is 3.26. The van der Waals surface area contributed by atoms with Crippen LogP contribution >= 0.6 is 0 Å². The van der Waals surface area contributed by atoms with Crippen molar-refractivity contribution < 1.29 is 18.7 Å². The van der Waals surface area contributed by atoms with Crippen molar-refractivity contribution in [1.82, 2.24) is 25.5 Å². The minimum atomic E-state index is -0.925. The number of carbonyl (C=O) groups excluding carboxylic acids is 2. The van der Waals surface area contributed by atoms with E-state index >= 15 is 0 Å². The third-order valence-corrected chi connectivity index (χ3v) is 5.45. The lowest BCUT2D eigenvalue weighted by atomic mass is 10.1. The SMILES string of the molecule is CN1C(=O)[C@@H](NC(=O)c2n[nH]c(Cc3ccc(F)cc3)n2)COc2ccc3cnccc3c21. The van der Waals surface area contributed by atoms with Crippen LogP contribution in [0.2, 0.25) is 0 Å². The molecule has 0 radical (unpaired) electrons. The van der Waals surface area contributed by atoms with Crippen molar-refractivity contribution in [2.24, 2.45) is 0 Å². The molecule has 0 saturated heterocycles. The van der Waals surface area contributed by atoms with E-state index in [1.54, 1.807) is 37.6 Å². The summed E-state index contributed by atoms with van der Waals surface area (Å²) in [6.45, 7) is -0.0363. The molecule has 1 aliphatic heterocycles. The first-order valence-electron chi connectivity index (χ1n) is 10.2. The number of pyridine rings is 1. The van der Waals surface area contributed by atoms with Gasteiger partial charge in [0.1, 0.15) is 30.0 Å². The predicted molar refractivity (Wildman–Crippen MR) is 117 cm³/mol. The van der Waals surface area contributed by atoms with Crippen molar-refractivity contribution >= 4 is 28.3 Å². The summed E-state index contributed by atoms with van der Waals surface area (Å²) in [5, 5.41) is 11.0. The number of nitrogens with zero attached hydrogens (tertiary/aromatic N) is 4. The second-order valence-electron chi connectivity index (χ2n) is 7.65. The summed E-state index contributed by atoms with van der Waals surface area (Å²) in [4.78, 5) is 35.7. The number of rotatable bonds is 4. The number of anilines is 1. The fourth-order valence-corrected chi connectivity index (χ4v) is 3.78. The van der Waals surface area contributed by atoms with Gasteiger partial charge in [-0.15, -0.1) is 5.10 Å². The summed E-state index contributed by atoms with van der Waals surface area (Å²) >= 11 is 0. The number of aromatic nitrogens is 4. The van der Waals surface area contributed by atoms with Gasteiger partial charge in [-0.05, 0) is 35.9 Å². The molecule has 1 atom stereocenters. The summed E-state index contributed by atoms with van der Waals surface area (Å²) in [5.74, 6) is -0.370. The standard InChI is InChI=1S/C23H19FN6O3/c1-30-20-16-8-9-25-11-14(16)4-7-18(20)33-12-17(23(30)32)26-22(31)21-27-19(28-29-21)10-13-2-5-15(24)6-3-13/h2-9,11,17H,10,12H2,1H3,(H,26,31)(H,27,28,29)/t17-/m0/s1. The lowest BCUT2D eigenvalue weighted by Gasteiger charge is -2.21. The number of ether oxygens (including phenoxy) is 1. The molecule has 10 heteroatoms. The molecular formula is C23H19FN6O3. The Morgan fingerprint density at radius 2 is 2.06 bits per heavy atom. The van der Waals surface area contributed by atoms with E-state index in [2.05, 4.69) is 25.5 Å². The van der Waals surface area contributed by atoms with Gasteiger partial charge in [0, 0.05) is 36.6 Å². The highest BCUT2D eigenvalue weighted by Crippen LogP contribution is 2.37. The first-order valence-corrected chi connectivity index (χ1v) is 10.2. The van der Waals surface area contributed by atoms with Crippen LogP contribution in [0.5, 0.6) is 5.75 Å². The fraction of sp³-hybridized carbons (Fsp3) is 0.174. The van der Waals surface area contributed by atoms with Crippen molar-refractivity contribution in [3.63, 3.8) is 0 Å². The van der Waals surface area contributed by atoms with E-state index in [1.807, 2.05) is 12.1 Å². The molecule has 2 N–H and O–H groups in total. The van der Waals surface area contributed by atoms with E-state index in [0.717, 1.165) is 16.3 Å². The molecule has 0 spiro atoms. The molecule has 0 fully saturated rings. The highest BCUT2D eigenvalue weighted by molar-refractivity contribution is 6.09. The van der Waals surface area contributed by atoms with Gasteiger partial charge in [-0.3, -0.25) is 19.7 Å². The zero-order valence-corrected chi connectivity index (χ0v) is 17.6. The molecule has 5 rings (SSSR count). The number of nitrogens with one attached hydrogen (secondary N) is 2. The molecule has 166 valence electrons. The molecule has 33 heavy (non-hydrogen) atoms. The first-order chi connectivity index (χ1) is 16.0. The van der Waals surface area contributed by atoms with Gasteiger partial charge < -0.3 is 15.0 Å². The van der Waals surface area contributed by atoms with Gasteiger partial charge in [-0.1, -0.05) is 12.1 Å². The number of hydrogen-bond acceptors (Lipinski definition) is 6. The van der Waals surface area contributed by atoms with Crippen LogP contribution < -0.4 is 15.0 Å². The zero-order valence-electron chi connectivity index (χ0n) is 17.6. The molecule has 3 heterocycles. The van der Waals surface area contributed by atoms with Gasteiger partial charge in [0.15, 0.2) is 0 Å². The third kappa shape index (κ3) is 3.98. The van der Waals surface area contributed by atoms with Gasteiger partial charge in [-0.25, -0.2) is 9.37 Å². The second kappa shape index (κ2) is 8.30. The number of H-pyrrole nitrogens is 1. The number of likely N-dealkylation sites (N-methyl/N-ethyl adjacent to an activating group) is 1. The maximum absolute atomic E-state index is 13.1. The van der Waals surface area contributed by atoms with E-state index in [9.17, 15) is 14.0 Å². The first kappa shape index (κ1) is 20.6. The Labute approximate surface area is 187 Å². The van der Waals surface area contributed by atoms with Crippen molar-refractivity contribution in [3.8, 4) is 5.75 Å². The van der Waals surface area contributed by atoms with E-state index in [1.165, 1.54) is 17.0 Å². The normalized spacial score (nSPS) is 15.6. The topological polar surface area (TPSA) is 113 Å². The molecular weight excluding hydrogens is 427 g/mol. The summed E-state index contributed by atoms with van der Waals surface area (Å²) in [7, 11) is 1.64. The second-order valence-corrected chi connectivity index (χ2v) is 7.65. The molecule has 4 aromatic rings. The van der Waals surface area contributed by atoms with E-state index < -0.39 is 11.9 Å². The number of amides is 2. The minimum absolute atomic E-state index is 0.0363. The van der Waals surface area contributed by atoms with E-state index in [-0.39, 0.29) is 24.2 Å². The van der Waals surface area contributed by atoms with Crippen LogP contribution in [-0.2, 0) is 11.2 Å². The quantitative estimate of drug-likeness (QED) is 0.497. The maximum atomic E-state index is 13.1. The highest BCUT2D eigenvalue weighted by Gasteiger charge is 2.32. The smallest absolute Gasteiger partial charge is 0.291 e. The predicted octanol–water partition coefficient (Wildman–Crippen LogP) is 2.24. The van der Waals surface area contributed by atoms with Gasteiger partial charge in [0.25, 0.3) is 11.8 Å². The largest absolute Gasteiger partial charge is 0.489 e. The Balaban J connectivity index is 1.32. The van der Waals surface area contributed by atoms with Crippen LogP contribution in [0.25, 0.3) is 10.8 Å². The molecule has 1 aliphatic rings. The summed E-state index contributed by atoms with van der Waals surface area (Å²) in [6, 6.07) is 10.5. The molecule has 9 nitrogen and oxygen atoms in total. The molecule has 2 aromatic heterocycles. The number of halogens is 1. The average molecular weight is 446 g/mol. The zero-order chi connectivity index (χ0) is 22.9. The Hall–Kier alpha value is -4.34. The molecule has 0 unspecified atom stereocenters. The van der Waals surface area contributed by atoms with Gasteiger partial charge in [-0.2, -0.15) is 0 Å². The number of aromatic amines is 1. The minimum Gasteiger partial charge on any atom is -0.489 e. The summed E-state index contributed by atoms with van der Waals surface area (Å²) in [5.41, 5.74) is 1.43. The van der Waals surface area contributed by atoms with Crippen molar-refractivity contribution in [3.05, 3.63) is 77.9 Å². The number of benzene rings is 2. The van der Waals surface area contributed by atoms with Crippen molar-refractivity contribution in [2.75, 3.05) is 18.6 Å². The highest BCUT2D eigenvalue weighted by atomic mass is 19.1. The van der Waals surface area contributed by atoms with Crippen molar-refractivity contribution in [1.29, 1.82) is 0 Å². The van der Waals surface area contributed by atoms with E-state index in [4.69, 9.17) is 4.74 Å². The van der Waals surface area contributed by atoms with Crippen LogP contribution in [-0.4, -0.2) is 51.7 Å². The number of hydrogen-bond donors (Lipinski definition) is 2. The van der Waals surface area contributed by atoms with E-state index in [0.29, 0.717) is 23.7 Å². The van der Waals surface area contributed by atoms with Crippen LogP contribution in [0.3, 0.4) is 0 Å². The van der Waals surface area contributed by atoms with Crippen molar-refractivity contribution in [2.45, 2.75) is 12.5 Å². The van der Waals surface area contributed by atoms with Gasteiger partial charge in [0.2, 0.25) is 5.82 Å². The Morgan fingerprint density at radius 1 is 1.24 bits per heavy atom. The fourth-order valence-electron chi connectivity index (χ4n) is 3.78. The Kier molecular flexibility index (Phi) is 5.17. The van der Waals surface area contributed by atoms with Crippen LogP contribution in [0.15, 0.2) is 54.9 Å². The molecule has 2 aromatic carbocycles. The summed E-state index contributed by atoms with van der Waals surface area (Å²) < 4.78 is 18.9. The molecule has 0 bridgehead atoms.